The van der Waals surface area contributed by atoms with Crippen LogP contribution in [0.5, 0.6) is 0 Å². The lowest BCUT2D eigenvalue weighted by Crippen LogP contribution is -2.21. The Morgan fingerprint density at radius 2 is 2.05 bits per heavy atom. The first-order valence-corrected chi connectivity index (χ1v) is 7.41. The molecule has 100 valence electrons. The molecule has 1 atom stereocenters. The Bertz CT molecular complexity index is 524. The summed E-state index contributed by atoms with van der Waals surface area (Å²) in [4.78, 5) is 0. The molecular formula is C14H17N3OS. The Labute approximate surface area is 116 Å². The number of nitrogens with zero attached hydrogens (tertiary/aromatic N) is 2. The predicted molar refractivity (Wildman–Crippen MR) is 76.4 cm³/mol. The molecule has 1 aliphatic rings. The van der Waals surface area contributed by atoms with E-state index in [1.54, 1.807) is 11.3 Å². The minimum Gasteiger partial charge on any atom is -0.391 e. The lowest BCUT2D eigenvalue weighted by Gasteiger charge is -2.08. The van der Waals surface area contributed by atoms with E-state index in [4.69, 9.17) is 0 Å². The first-order valence-electron chi connectivity index (χ1n) is 6.59. The van der Waals surface area contributed by atoms with Crippen molar-refractivity contribution >= 4 is 16.5 Å². The van der Waals surface area contributed by atoms with Gasteiger partial charge >= 0.3 is 0 Å². The normalized spacial score (nSPS) is 16.3. The number of aliphatic hydroxyl groups is 1. The number of nitrogens with one attached hydrogen (secondary N) is 1. The zero-order chi connectivity index (χ0) is 13.1. The molecule has 2 N–H and O–H groups in total. The van der Waals surface area contributed by atoms with Crippen LogP contribution in [-0.2, 0) is 6.42 Å². The van der Waals surface area contributed by atoms with Crippen molar-refractivity contribution in [3.8, 4) is 0 Å². The highest BCUT2D eigenvalue weighted by molar-refractivity contribution is 7.15. The van der Waals surface area contributed by atoms with Gasteiger partial charge in [0, 0.05) is 13.0 Å². The fourth-order valence-electron chi connectivity index (χ4n) is 2.01. The molecule has 0 amide bonds. The van der Waals surface area contributed by atoms with Crippen LogP contribution in [-0.4, -0.2) is 28.0 Å². The third-order valence-corrected chi connectivity index (χ3v) is 4.17. The number of aliphatic hydroxyl groups excluding tert-OH is 1. The lowest BCUT2D eigenvalue weighted by atomic mass is 10.2. The van der Waals surface area contributed by atoms with Gasteiger partial charge in [0.05, 0.1) is 6.10 Å². The molecule has 5 heteroatoms. The number of anilines is 1. The SMILES string of the molecule is O[C@@H](CNc1nnc(Cc2ccccc2)s1)C1CC1. The third kappa shape index (κ3) is 3.52. The van der Waals surface area contributed by atoms with Crippen molar-refractivity contribution in [3.05, 3.63) is 40.9 Å². The van der Waals surface area contributed by atoms with E-state index in [0.29, 0.717) is 12.5 Å². The van der Waals surface area contributed by atoms with E-state index in [0.717, 1.165) is 29.4 Å². The van der Waals surface area contributed by atoms with Gasteiger partial charge in [-0.25, -0.2) is 0 Å². The van der Waals surface area contributed by atoms with Crippen LogP contribution in [0.15, 0.2) is 30.3 Å². The molecule has 1 aromatic heterocycles. The average molecular weight is 275 g/mol. The highest BCUT2D eigenvalue weighted by Crippen LogP contribution is 2.32. The van der Waals surface area contributed by atoms with Gasteiger partial charge in [0.25, 0.3) is 0 Å². The summed E-state index contributed by atoms with van der Waals surface area (Å²) in [6.07, 6.45) is 2.86. The summed E-state index contributed by atoms with van der Waals surface area (Å²) in [7, 11) is 0. The van der Waals surface area contributed by atoms with Gasteiger partial charge in [0.2, 0.25) is 5.13 Å². The van der Waals surface area contributed by atoms with Crippen molar-refractivity contribution < 1.29 is 5.11 Å². The number of aromatic nitrogens is 2. The maximum atomic E-state index is 9.79. The van der Waals surface area contributed by atoms with E-state index in [2.05, 4.69) is 27.6 Å². The van der Waals surface area contributed by atoms with Crippen molar-refractivity contribution in [3.63, 3.8) is 0 Å². The molecule has 1 saturated carbocycles. The zero-order valence-electron chi connectivity index (χ0n) is 10.6. The summed E-state index contributed by atoms with van der Waals surface area (Å²) in [5.74, 6) is 0.490. The van der Waals surface area contributed by atoms with Gasteiger partial charge in [-0.05, 0) is 24.3 Å². The Morgan fingerprint density at radius 1 is 1.26 bits per heavy atom. The summed E-state index contributed by atoms with van der Waals surface area (Å²) in [6.45, 7) is 0.574. The van der Waals surface area contributed by atoms with Gasteiger partial charge in [-0.1, -0.05) is 41.7 Å². The lowest BCUT2D eigenvalue weighted by molar-refractivity contribution is 0.164. The summed E-state index contributed by atoms with van der Waals surface area (Å²) in [5.41, 5.74) is 1.24. The minimum absolute atomic E-state index is 0.249. The number of benzene rings is 1. The fourth-order valence-corrected chi connectivity index (χ4v) is 2.79. The molecule has 0 unspecified atom stereocenters. The van der Waals surface area contributed by atoms with E-state index in [1.807, 2.05) is 18.2 Å². The summed E-state index contributed by atoms with van der Waals surface area (Å²) in [6, 6.07) is 10.2. The molecule has 1 aliphatic carbocycles. The highest BCUT2D eigenvalue weighted by atomic mass is 32.1. The maximum absolute atomic E-state index is 9.79. The summed E-state index contributed by atoms with van der Waals surface area (Å²) < 4.78 is 0. The molecule has 0 spiro atoms. The van der Waals surface area contributed by atoms with Crippen molar-refractivity contribution in [2.75, 3.05) is 11.9 Å². The van der Waals surface area contributed by atoms with Crippen LogP contribution in [0.4, 0.5) is 5.13 Å². The predicted octanol–water partition coefficient (Wildman–Crippen LogP) is 2.31. The van der Waals surface area contributed by atoms with Gasteiger partial charge in [0.1, 0.15) is 5.01 Å². The number of hydrogen-bond acceptors (Lipinski definition) is 5. The number of rotatable bonds is 6. The quantitative estimate of drug-likeness (QED) is 0.849. The molecule has 3 rings (SSSR count). The Morgan fingerprint density at radius 3 is 2.79 bits per heavy atom. The Hall–Kier alpha value is -1.46. The first kappa shape index (κ1) is 12.6. The monoisotopic (exact) mass is 275 g/mol. The largest absolute Gasteiger partial charge is 0.391 e. The van der Waals surface area contributed by atoms with E-state index in [-0.39, 0.29) is 6.10 Å². The minimum atomic E-state index is -0.249. The summed E-state index contributed by atoms with van der Waals surface area (Å²) >= 11 is 1.56. The first-order chi connectivity index (χ1) is 9.31. The van der Waals surface area contributed by atoms with Gasteiger partial charge in [0.15, 0.2) is 0 Å². The van der Waals surface area contributed by atoms with Crippen molar-refractivity contribution in [2.45, 2.75) is 25.4 Å². The average Bonchev–Trinajstić information content (AvgIpc) is 3.19. The van der Waals surface area contributed by atoms with Crippen molar-refractivity contribution in [1.82, 2.24) is 10.2 Å². The Kier molecular flexibility index (Phi) is 3.75. The molecule has 0 bridgehead atoms. The Balaban J connectivity index is 1.54. The van der Waals surface area contributed by atoms with Crippen molar-refractivity contribution in [1.29, 1.82) is 0 Å². The molecule has 0 radical (unpaired) electrons. The van der Waals surface area contributed by atoms with Crippen LogP contribution in [0.1, 0.15) is 23.4 Å². The molecule has 1 heterocycles. The second-order valence-corrected chi connectivity index (χ2v) is 6.01. The standard InChI is InChI=1S/C14H17N3OS/c18-12(11-6-7-11)9-15-14-17-16-13(19-14)8-10-4-2-1-3-5-10/h1-5,11-12,18H,6-9H2,(H,15,17)/t12-/m0/s1. The fraction of sp³-hybridized carbons (Fsp3) is 0.429. The van der Waals surface area contributed by atoms with Gasteiger partial charge in [-0.15, -0.1) is 10.2 Å². The molecule has 0 saturated heterocycles. The van der Waals surface area contributed by atoms with Crippen LogP contribution in [0.2, 0.25) is 0 Å². The maximum Gasteiger partial charge on any atom is 0.205 e. The zero-order valence-corrected chi connectivity index (χ0v) is 11.4. The molecule has 4 nitrogen and oxygen atoms in total. The van der Waals surface area contributed by atoms with Gasteiger partial charge in [-0.2, -0.15) is 0 Å². The molecule has 2 aromatic rings. The van der Waals surface area contributed by atoms with Gasteiger partial charge in [-0.3, -0.25) is 0 Å². The van der Waals surface area contributed by atoms with Crippen LogP contribution in [0.3, 0.4) is 0 Å². The molecular weight excluding hydrogens is 258 g/mol. The molecule has 19 heavy (non-hydrogen) atoms. The van der Waals surface area contributed by atoms with Crippen LogP contribution < -0.4 is 5.32 Å². The van der Waals surface area contributed by atoms with Crippen LogP contribution in [0, 0.1) is 5.92 Å². The highest BCUT2D eigenvalue weighted by Gasteiger charge is 2.29. The molecule has 1 aromatic carbocycles. The van der Waals surface area contributed by atoms with E-state index < -0.39 is 0 Å². The van der Waals surface area contributed by atoms with E-state index in [1.165, 1.54) is 5.56 Å². The van der Waals surface area contributed by atoms with Gasteiger partial charge < -0.3 is 10.4 Å². The second-order valence-electron chi connectivity index (χ2n) is 4.95. The van der Waals surface area contributed by atoms with E-state index in [9.17, 15) is 5.11 Å². The van der Waals surface area contributed by atoms with Crippen LogP contribution >= 0.6 is 11.3 Å². The second kappa shape index (κ2) is 5.67. The molecule has 0 aliphatic heterocycles. The summed E-state index contributed by atoms with van der Waals surface area (Å²) in [5, 5.41) is 23.0. The number of hydrogen-bond donors (Lipinski definition) is 2. The van der Waals surface area contributed by atoms with Crippen LogP contribution in [0.25, 0.3) is 0 Å². The smallest absolute Gasteiger partial charge is 0.205 e. The van der Waals surface area contributed by atoms with E-state index >= 15 is 0 Å². The van der Waals surface area contributed by atoms with Crippen molar-refractivity contribution in [2.24, 2.45) is 5.92 Å². The molecule has 1 fully saturated rings. The topological polar surface area (TPSA) is 58.0 Å². The third-order valence-electron chi connectivity index (χ3n) is 3.29.